The first-order chi connectivity index (χ1) is 24.7. The summed E-state index contributed by atoms with van der Waals surface area (Å²) in [6.07, 6.45) is -5.00. The third-order valence-electron chi connectivity index (χ3n) is 8.86. The van der Waals surface area contributed by atoms with Gasteiger partial charge in [-0.2, -0.15) is 26.3 Å². The van der Waals surface area contributed by atoms with Gasteiger partial charge < -0.3 is 19.1 Å². The zero-order chi connectivity index (χ0) is 37.5. The molecule has 288 valence electrons. The van der Waals surface area contributed by atoms with E-state index in [1.165, 1.54) is 24.6 Å². The molecule has 2 saturated heterocycles. The van der Waals surface area contributed by atoms with Crippen molar-refractivity contribution in [3.8, 4) is 0 Å². The van der Waals surface area contributed by atoms with Crippen molar-refractivity contribution in [1.82, 2.24) is 20.5 Å². The van der Waals surface area contributed by atoms with E-state index in [0.29, 0.717) is 10.8 Å². The van der Waals surface area contributed by atoms with Crippen molar-refractivity contribution in [3.63, 3.8) is 0 Å². The minimum absolute atomic E-state index is 0. The fourth-order valence-electron chi connectivity index (χ4n) is 6.28. The third kappa shape index (κ3) is 11.7. The number of alkyl halides is 7. The quantitative estimate of drug-likeness (QED) is 0.107. The molecule has 0 aliphatic carbocycles. The van der Waals surface area contributed by atoms with Crippen molar-refractivity contribution in [1.29, 1.82) is 0 Å². The summed E-state index contributed by atoms with van der Waals surface area (Å²) in [5.74, 6) is 0.485. The van der Waals surface area contributed by atoms with Crippen LogP contribution in [0.4, 0.5) is 31.1 Å². The molecular formula is C36H37Cl3F6N4O4. The van der Waals surface area contributed by atoms with Gasteiger partial charge in [0.2, 0.25) is 0 Å². The van der Waals surface area contributed by atoms with Crippen molar-refractivity contribution in [2.75, 3.05) is 26.2 Å². The Morgan fingerprint density at radius 1 is 0.830 bits per heavy atom. The second-order valence-electron chi connectivity index (χ2n) is 12.5. The number of hydrogen-bond acceptors (Lipinski definition) is 8. The number of rotatable bonds is 5. The molecular weight excluding hydrogens is 773 g/mol. The second-order valence-corrected chi connectivity index (χ2v) is 13.4. The Morgan fingerprint density at radius 2 is 1.30 bits per heavy atom. The Morgan fingerprint density at radius 3 is 1.72 bits per heavy atom. The van der Waals surface area contributed by atoms with Crippen LogP contribution in [0.15, 0.2) is 75.8 Å². The summed E-state index contributed by atoms with van der Waals surface area (Å²) in [6, 6.07) is 17.5. The third-order valence-corrected chi connectivity index (χ3v) is 9.04. The Bertz CT molecular complexity index is 1910. The molecule has 1 N–H and O–H groups in total. The molecule has 17 heteroatoms. The highest BCUT2D eigenvalue weighted by Gasteiger charge is 2.33. The average molecular weight is 810 g/mol. The molecule has 7 rings (SSSR count). The highest BCUT2D eigenvalue weighted by molar-refractivity contribution is 6.61. The minimum Gasteiger partial charge on any atom is -0.434 e. The van der Waals surface area contributed by atoms with Gasteiger partial charge in [0.15, 0.2) is 16.7 Å². The number of likely N-dealkylation sites (tertiary alicyclic amines) is 1. The molecule has 0 saturated carbocycles. The van der Waals surface area contributed by atoms with Gasteiger partial charge in [0.25, 0.3) is 0 Å². The molecule has 0 amide bonds. The minimum atomic E-state index is -4.37. The molecule has 0 bridgehead atoms. The van der Waals surface area contributed by atoms with E-state index in [-0.39, 0.29) is 35.4 Å². The van der Waals surface area contributed by atoms with Gasteiger partial charge in [0.05, 0.1) is 22.5 Å². The summed E-state index contributed by atoms with van der Waals surface area (Å²) in [5, 5.41) is 12.7. The van der Waals surface area contributed by atoms with Crippen LogP contribution in [-0.4, -0.2) is 52.4 Å². The zero-order valence-electron chi connectivity index (χ0n) is 28.4. The predicted octanol–water partition coefficient (Wildman–Crippen LogP) is 10.9. The number of halogens is 9. The summed E-state index contributed by atoms with van der Waals surface area (Å²) in [6.45, 7) is 6.10. The highest BCUT2D eigenvalue weighted by atomic mass is 35.5. The summed E-state index contributed by atoms with van der Waals surface area (Å²) < 4.78 is 90.7. The smallest absolute Gasteiger partial charge is 0.416 e. The Hall–Kier alpha value is -3.56. The van der Waals surface area contributed by atoms with Gasteiger partial charge >= 0.3 is 17.8 Å². The number of carbonyl (C=O) groups excluding carboxylic acids is 1. The van der Waals surface area contributed by atoms with Gasteiger partial charge in [-0.15, -0.1) is 12.4 Å². The fraction of sp³-hybridized carbons (Fsp3) is 0.417. The van der Waals surface area contributed by atoms with Crippen molar-refractivity contribution in [2.45, 2.75) is 68.9 Å². The van der Waals surface area contributed by atoms with Gasteiger partial charge in [0, 0.05) is 40.8 Å². The van der Waals surface area contributed by atoms with Crippen molar-refractivity contribution in [2.24, 2.45) is 0 Å². The van der Waals surface area contributed by atoms with Crippen LogP contribution in [0.2, 0.25) is 0 Å². The van der Waals surface area contributed by atoms with Gasteiger partial charge in [-0.25, -0.2) is 4.79 Å². The SMILES string of the molecule is CC(Cl)OC(=O)Cl.Cl.FC(F)(F)c1ccc2c(C3CCN(Cc4ccccc4)CC3)noc2c1.FC(F)(F)c1ccc2c(C3CCNCC3)noc2c1. The van der Waals surface area contributed by atoms with Crippen molar-refractivity contribution in [3.05, 3.63) is 94.8 Å². The molecule has 2 fully saturated rings. The second kappa shape index (κ2) is 18.7. The lowest BCUT2D eigenvalue weighted by atomic mass is 9.91. The Labute approximate surface area is 317 Å². The highest BCUT2D eigenvalue weighted by Crippen LogP contribution is 2.37. The van der Waals surface area contributed by atoms with Gasteiger partial charge in [-0.05, 0) is 101 Å². The fourth-order valence-corrected chi connectivity index (χ4v) is 6.54. The van der Waals surface area contributed by atoms with Crippen LogP contribution in [0.1, 0.15) is 72.5 Å². The summed E-state index contributed by atoms with van der Waals surface area (Å²) in [4.78, 5) is 12.1. The standard InChI is InChI=1S/C20H19F3N2O.C13H13F3N2O.C3H4Cl2O2.ClH/c21-20(22,23)16-6-7-17-18(12-16)26-24-19(17)15-8-10-25(11-9-15)13-14-4-2-1-3-5-14;14-13(15,16)9-1-2-10-11(7-9)19-18-12(10)8-3-5-17-6-4-8;1-2(4)7-3(5)6;/h1-7,12,15H,8-11,13H2;1-2,7-8,17H,3-6H2;2H,1H3;1H. The van der Waals surface area contributed by atoms with Gasteiger partial charge in [-0.1, -0.05) is 52.2 Å². The lowest BCUT2D eigenvalue weighted by molar-refractivity contribution is -0.138. The summed E-state index contributed by atoms with van der Waals surface area (Å²) >= 11 is 9.87. The van der Waals surface area contributed by atoms with Crippen molar-refractivity contribution < 1.29 is 44.9 Å². The monoisotopic (exact) mass is 808 g/mol. The molecule has 53 heavy (non-hydrogen) atoms. The maximum absolute atomic E-state index is 12.8. The van der Waals surface area contributed by atoms with E-state index >= 15 is 0 Å². The number of fused-ring (bicyclic) bond motifs is 2. The van der Waals surface area contributed by atoms with E-state index in [1.807, 2.05) is 18.2 Å². The van der Waals surface area contributed by atoms with E-state index in [0.717, 1.165) is 94.1 Å². The lowest BCUT2D eigenvalue weighted by Crippen LogP contribution is -2.32. The topological polar surface area (TPSA) is 93.6 Å². The maximum Gasteiger partial charge on any atom is 0.416 e. The zero-order valence-corrected chi connectivity index (χ0v) is 30.7. The summed E-state index contributed by atoms with van der Waals surface area (Å²) in [7, 11) is 0. The number of nitrogens with zero attached hydrogens (tertiary/aromatic N) is 3. The number of aromatic nitrogens is 2. The van der Waals surface area contributed by atoms with E-state index in [4.69, 9.17) is 32.2 Å². The maximum atomic E-state index is 12.8. The van der Waals surface area contributed by atoms with E-state index in [1.54, 1.807) is 0 Å². The lowest BCUT2D eigenvalue weighted by Gasteiger charge is -2.31. The molecule has 2 aromatic heterocycles. The molecule has 1 atom stereocenters. The molecule has 8 nitrogen and oxygen atoms in total. The van der Waals surface area contributed by atoms with Crippen LogP contribution in [-0.2, 0) is 23.6 Å². The van der Waals surface area contributed by atoms with E-state index in [2.05, 4.69) is 37.4 Å². The van der Waals surface area contributed by atoms with Gasteiger partial charge in [0.1, 0.15) is 0 Å². The number of carbonyl (C=O) groups is 1. The average Bonchev–Trinajstić information content (AvgIpc) is 3.73. The first-order valence-corrected chi connectivity index (χ1v) is 17.4. The summed E-state index contributed by atoms with van der Waals surface area (Å²) in [5.41, 5.74) is 0.367. The van der Waals surface area contributed by atoms with Crippen LogP contribution in [0, 0.1) is 0 Å². The Kier molecular flexibility index (Phi) is 14.9. The van der Waals surface area contributed by atoms with Crippen LogP contribution in [0.3, 0.4) is 0 Å². The van der Waals surface area contributed by atoms with E-state index in [9.17, 15) is 31.1 Å². The first kappa shape index (κ1) is 42.2. The number of ether oxygens (including phenoxy) is 1. The molecule has 2 aliphatic rings. The van der Waals surface area contributed by atoms with Gasteiger partial charge in [-0.3, -0.25) is 4.90 Å². The normalized spacial score (nSPS) is 16.5. The molecule has 5 aromatic rings. The van der Waals surface area contributed by atoms with Crippen LogP contribution in [0.5, 0.6) is 0 Å². The first-order valence-electron chi connectivity index (χ1n) is 16.6. The van der Waals surface area contributed by atoms with Crippen LogP contribution < -0.4 is 5.32 Å². The largest absolute Gasteiger partial charge is 0.434 e. The molecule has 0 spiro atoms. The predicted molar refractivity (Wildman–Crippen MR) is 191 cm³/mol. The number of benzene rings is 3. The Balaban J connectivity index is 0.000000204. The molecule has 3 aromatic carbocycles. The molecule has 1 unspecified atom stereocenters. The molecule has 2 aliphatic heterocycles. The molecule has 0 radical (unpaired) electrons. The van der Waals surface area contributed by atoms with Crippen LogP contribution in [0.25, 0.3) is 21.9 Å². The number of hydrogen-bond donors (Lipinski definition) is 1. The van der Waals surface area contributed by atoms with Crippen molar-refractivity contribution >= 4 is 63.0 Å². The van der Waals surface area contributed by atoms with Crippen LogP contribution >= 0.6 is 35.6 Å². The number of piperidine rings is 2. The van der Waals surface area contributed by atoms with E-state index < -0.39 is 34.5 Å². The molecule has 4 heterocycles. The number of nitrogens with one attached hydrogen (secondary N) is 1.